The number of hydrogen-bond acceptors (Lipinski definition) is 1. The van der Waals surface area contributed by atoms with Gasteiger partial charge in [0.15, 0.2) is 0 Å². The standard InChI is InChI=1S/C10H19N/c1-7(2)11-10-8-4-3-5-9(10)6-8/h7-11H,3-6H2,1-2H3. The van der Waals surface area contributed by atoms with Crippen LogP contribution in [0.15, 0.2) is 0 Å². The molecule has 0 aliphatic heterocycles. The zero-order valence-electron chi connectivity index (χ0n) is 7.64. The minimum absolute atomic E-state index is 0.684. The van der Waals surface area contributed by atoms with Crippen molar-refractivity contribution >= 4 is 0 Å². The minimum Gasteiger partial charge on any atom is -0.311 e. The Labute approximate surface area is 69.6 Å². The summed E-state index contributed by atoms with van der Waals surface area (Å²) in [5, 5.41) is 3.68. The van der Waals surface area contributed by atoms with E-state index in [2.05, 4.69) is 19.2 Å². The maximum Gasteiger partial charge on any atom is 0.0126 e. The van der Waals surface area contributed by atoms with Crippen LogP contribution in [0.25, 0.3) is 0 Å². The normalized spacial score (nSPS) is 42.3. The highest BCUT2D eigenvalue weighted by atomic mass is 15.0. The van der Waals surface area contributed by atoms with Crippen LogP contribution in [0.3, 0.4) is 0 Å². The maximum atomic E-state index is 3.68. The van der Waals surface area contributed by atoms with Gasteiger partial charge in [-0.05, 0) is 31.1 Å². The van der Waals surface area contributed by atoms with Crippen molar-refractivity contribution in [3.8, 4) is 0 Å². The van der Waals surface area contributed by atoms with Gasteiger partial charge in [-0.25, -0.2) is 0 Å². The predicted molar refractivity (Wildman–Crippen MR) is 47.5 cm³/mol. The molecule has 0 aromatic rings. The molecule has 0 saturated heterocycles. The second kappa shape index (κ2) is 2.78. The molecule has 1 heteroatoms. The lowest BCUT2D eigenvalue weighted by Crippen LogP contribution is -2.55. The average Bonchev–Trinajstić information content (AvgIpc) is 2.01. The number of nitrogens with one attached hydrogen (secondary N) is 1. The van der Waals surface area contributed by atoms with E-state index in [9.17, 15) is 0 Å². The van der Waals surface area contributed by atoms with Crippen molar-refractivity contribution in [3.05, 3.63) is 0 Å². The van der Waals surface area contributed by atoms with Crippen LogP contribution in [-0.2, 0) is 0 Å². The highest BCUT2D eigenvalue weighted by Crippen LogP contribution is 2.45. The molecular weight excluding hydrogens is 134 g/mol. The van der Waals surface area contributed by atoms with Gasteiger partial charge in [-0.2, -0.15) is 0 Å². The summed E-state index contributed by atoms with van der Waals surface area (Å²) in [5.74, 6) is 2.08. The van der Waals surface area contributed by atoms with E-state index in [1.54, 1.807) is 0 Å². The zero-order chi connectivity index (χ0) is 7.84. The molecule has 3 fully saturated rings. The summed E-state index contributed by atoms with van der Waals surface area (Å²) in [4.78, 5) is 0. The van der Waals surface area contributed by atoms with E-state index in [0.29, 0.717) is 6.04 Å². The van der Waals surface area contributed by atoms with Gasteiger partial charge in [0.05, 0.1) is 0 Å². The van der Waals surface area contributed by atoms with Gasteiger partial charge in [0, 0.05) is 12.1 Å². The highest BCUT2D eigenvalue weighted by Gasteiger charge is 2.43. The molecule has 3 rings (SSSR count). The quantitative estimate of drug-likeness (QED) is 0.641. The van der Waals surface area contributed by atoms with Crippen molar-refractivity contribution in [3.63, 3.8) is 0 Å². The molecule has 3 saturated carbocycles. The molecule has 0 amide bonds. The summed E-state index contributed by atoms with van der Waals surface area (Å²) < 4.78 is 0. The van der Waals surface area contributed by atoms with Crippen LogP contribution in [0.5, 0.6) is 0 Å². The largest absolute Gasteiger partial charge is 0.311 e. The Morgan fingerprint density at radius 1 is 1.18 bits per heavy atom. The molecule has 3 aliphatic carbocycles. The molecule has 0 aromatic carbocycles. The van der Waals surface area contributed by atoms with E-state index in [4.69, 9.17) is 0 Å². The topological polar surface area (TPSA) is 12.0 Å². The number of rotatable bonds is 2. The molecule has 64 valence electrons. The first-order chi connectivity index (χ1) is 5.27. The zero-order valence-corrected chi connectivity index (χ0v) is 7.64. The van der Waals surface area contributed by atoms with Crippen molar-refractivity contribution in [1.82, 2.24) is 5.32 Å². The van der Waals surface area contributed by atoms with Crippen molar-refractivity contribution in [2.24, 2.45) is 11.8 Å². The van der Waals surface area contributed by atoms with Gasteiger partial charge >= 0.3 is 0 Å². The second-order valence-corrected chi connectivity index (χ2v) is 4.53. The highest BCUT2D eigenvalue weighted by molar-refractivity contribution is 4.98. The van der Waals surface area contributed by atoms with Crippen molar-refractivity contribution in [1.29, 1.82) is 0 Å². The van der Waals surface area contributed by atoms with E-state index in [0.717, 1.165) is 17.9 Å². The molecule has 0 spiro atoms. The molecule has 1 N–H and O–H groups in total. The summed E-state index contributed by atoms with van der Waals surface area (Å²) in [6.07, 6.45) is 5.98. The Balaban J connectivity index is 1.86. The van der Waals surface area contributed by atoms with Gasteiger partial charge in [-0.1, -0.05) is 20.3 Å². The van der Waals surface area contributed by atoms with Crippen molar-refractivity contribution in [2.45, 2.75) is 51.6 Å². The third-order valence-electron chi connectivity index (χ3n) is 3.30. The molecule has 0 aromatic heterocycles. The first kappa shape index (κ1) is 7.60. The Morgan fingerprint density at radius 2 is 1.82 bits per heavy atom. The Morgan fingerprint density at radius 3 is 2.27 bits per heavy atom. The van der Waals surface area contributed by atoms with Crippen molar-refractivity contribution < 1.29 is 0 Å². The molecule has 0 heterocycles. The van der Waals surface area contributed by atoms with Crippen LogP contribution in [0.1, 0.15) is 39.5 Å². The molecule has 0 radical (unpaired) electrons. The predicted octanol–water partition coefficient (Wildman–Crippen LogP) is 2.17. The van der Waals surface area contributed by atoms with Crippen molar-refractivity contribution in [2.75, 3.05) is 0 Å². The van der Waals surface area contributed by atoms with Gasteiger partial charge in [-0.15, -0.1) is 0 Å². The Kier molecular flexibility index (Phi) is 1.92. The van der Waals surface area contributed by atoms with Crippen LogP contribution in [0.2, 0.25) is 0 Å². The lowest BCUT2D eigenvalue weighted by Gasteiger charge is -2.50. The molecule has 1 nitrogen and oxygen atoms in total. The molecule has 2 unspecified atom stereocenters. The summed E-state index contributed by atoms with van der Waals surface area (Å²) in [5.41, 5.74) is 0. The average molecular weight is 153 g/mol. The third-order valence-corrected chi connectivity index (χ3v) is 3.30. The number of fused-ring (bicyclic) bond motifs is 2. The van der Waals surface area contributed by atoms with Gasteiger partial charge in [0.2, 0.25) is 0 Å². The van der Waals surface area contributed by atoms with E-state index in [1.165, 1.54) is 25.7 Å². The SMILES string of the molecule is CC(C)NC1C2CCCC1C2. The fourth-order valence-corrected chi connectivity index (χ4v) is 2.77. The van der Waals surface area contributed by atoms with E-state index in [-0.39, 0.29) is 0 Å². The molecular formula is C10H19N. The summed E-state index contributed by atoms with van der Waals surface area (Å²) in [6, 6.07) is 1.58. The van der Waals surface area contributed by atoms with Gasteiger partial charge < -0.3 is 5.32 Å². The fourth-order valence-electron chi connectivity index (χ4n) is 2.77. The van der Waals surface area contributed by atoms with Gasteiger partial charge in [0.25, 0.3) is 0 Å². The lowest BCUT2D eigenvalue weighted by molar-refractivity contribution is 0.0444. The lowest BCUT2D eigenvalue weighted by atomic mass is 9.61. The molecule has 3 aliphatic rings. The van der Waals surface area contributed by atoms with Crippen LogP contribution in [-0.4, -0.2) is 12.1 Å². The first-order valence-electron chi connectivity index (χ1n) is 5.03. The summed E-state index contributed by atoms with van der Waals surface area (Å²) in [7, 11) is 0. The van der Waals surface area contributed by atoms with Crippen LogP contribution in [0, 0.1) is 11.8 Å². The van der Waals surface area contributed by atoms with Crippen LogP contribution >= 0.6 is 0 Å². The Hall–Kier alpha value is -0.0400. The molecule has 11 heavy (non-hydrogen) atoms. The maximum absolute atomic E-state index is 3.68. The van der Waals surface area contributed by atoms with E-state index in [1.807, 2.05) is 0 Å². The fraction of sp³-hybridized carbons (Fsp3) is 1.00. The number of hydrogen-bond donors (Lipinski definition) is 1. The summed E-state index contributed by atoms with van der Waals surface area (Å²) in [6.45, 7) is 4.52. The molecule has 2 atom stereocenters. The van der Waals surface area contributed by atoms with Crippen LogP contribution in [0.4, 0.5) is 0 Å². The van der Waals surface area contributed by atoms with E-state index < -0.39 is 0 Å². The van der Waals surface area contributed by atoms with Crippen LogP contribution < -0.4 is 5.32 Å². The first-order valence-corrected chi connectivity index (χ1v) is 5.03. The second-order valence-electron chi connectivity index (χ2n) is 4.53. The molecule has 2 bridgehead atoms. The minimum atomic E-state index is 0.684. The smallest absolute Gasteiger partial charge is 0.0126 e. The summed E-state index contributed by atoms with van der Waals surface area (Å²) >= 11 is 0. The Bertz CT molecular complexity index is 128. The van der Waals surface area contributed by atoms with E-state index >= 15 is 0 Å². The van der Waals surface area contributed by atoms with Gasteiger partial charge in [-0.3, -0.25) is 0 Å². The van der Waals surface area contributed by atoms with Gasteiger partial charge in [0.1, 0.15) is 0 Å². The third kappa shape index (κ3) is 1.31. The monoisotopic (exact) mass is 153 g/mol.